The zero-order valence-corrected chi connectivity index (χ0v) is 30.6. The summed E-state index contributed by atoms with van der Waals surface area (Å²) in [6, 6.07) is 38.7. The molecule has 0 radical (unpaired) electrons. The molecule has 0 saturated carbocycles. The van der Waals surface area contributed by atoms with Gasteiger partial charge in [-0.1, -0.05) is 89.5 Å². The minimum atomic E-state index is 0. The molecule has 0 bridgehead atoms. The van der Waals surface area contributed by atoms with Gasteiger partial charge in [0.25, 0.3) is 0 Å². The van der Waals surface area contributed by atoms with Gasteiger partial charge in [0.05, 0.1) is 5.69 Å². The van der Waals surface area contributed by atoms with Crippen LogP contribution in [0.2, 0.25) is 0 Å². The maximum Gasteiger partial charge on any atom is 2.00 e. The first-order valence-electron chi connectivity index (χ1n) is 16.6. The molecule has 0 aliphatic rings. The van der Waals surface area contributed by atoms with Gasteiger partial charge < -0.3 is 9.30 Å². The van der Waals surface area contributed by atoms with Gasteiger partial charge in [-0.05, 0) is 70.6 Å². The normalized spacial score (nSPS) is 11.6. The number of hydrogen-bond donors (Lipinski definition) is 0. The topological polar surface area (TPSA) is 44.9 Å². The van der Waals surface area contributed by atoms with E-state index < -0.39 is 0 Å². The van der Waals surface area contributed by atoms with E-state index in [1.54, 1.807) is 0 Å². The summed E-state index contributed by atoms with van der Waals surface area (Å²) in [5, 5.41) is 7.38. The Labute approximate surface area is 297 Å². The molecule has 3 aromatic heterocycles. The molecule has 4 aromatic carbocycles. The molecule has 7 aromatic rings. The van der Waals surface area contributed by atoms with Gasteiger partial charge in [-0.25, -0.2) is 4.98 Å². The Morgan fingerprint density at radius 2 is 1.54 bits per heavy atom. The predicted molar refractivity (Wildman–Crippen MR) is 192 cm³/mol. The van der Waals surface area contributed by atoms with E-state index in [2.05, 4.69) is 125 Å². The van der Waals surface area contributed by atoms with Gasteiger partial charge in [0.2, 0.25) is 0 Å². The zero-order valence-electron chi connectivity index (χ0n) is 28.4. The molecule has 0 amide bonds. The van der Waals surface area contributed by atoms with Crippen molar-refractivity contribution in [3.63, 3.8) is 0 Å². The van der Waals surface area contributed by atoms with E-state index in [1.165, 1.54) is 27.9 Å². The number of aryl methyl sites for hydroxylation is 2. The second kappa shape index (κ2) is 13.6. The molecule has 7 rings (SSSR count). The molecule has 48 heavy (non-hydrogen) atoms. The number of para-hydroxylation sites is 1. The van der Waals surface area contributed by atoms with Crippen LogP contribution in [0, 0.1) is 12.1 Å². The van der Waals surface area contributed by atoms with Crippen LogP contribution in [0.4, 0.5) is 0 Å². The minimum absolute atomic E-state index is 0. The average Bonchev–Trinajstić information content (AvgIpc) is 3.63. The zero-order chi connectivity index (χ0) is 32.7. The number of fused-ring (bicyclic) bond motifs is 3. The summed E-state index contributed by atoms with van der Waals surface area (Å²) in [5.74, 6) is 2.10. The van der Waals surface area contributed by atoms with E-state index in [0.29, 0.717) is 11.5 Å². The van der Waals surface area contributed by atoms with Crippen molar-refractivity contribution in [2.45, 2.75) is 66.2 Å². The summed E-state index contributed by atoms with van der Waals surface area (Å²) in [4.78, 5) is 4.75. The monoisotopic (exact) mass is 811 g/mol. The summed E-state index contributed by atoms with van der Waals surface area (Å²) in [5.41, 5.74) is 10.2. The number of nitrogens with zero attached hydrogens (tertiary/aromatic N) is 4. The van der Waals surface area contributed by atoms with Crippen LogP contribution in [0.15, 0.2) is 97.2 Å². The number of pyridine rings is 1. The fraction of sp³-hybridized carbons (Fsp3) is 0.238. The molecule has 5 nitrogen and oxygen atoms in total. The van der Waals surface area contributed by atoms with Crippen LogP contribution in [0.3, 0.4) is 0 Å². The van der Waals surface area contributed by atoms with Gasteiger partial charge >= 0.3 is 21.1 Å². The Kier molecular flexibility index (Phi) is 9.45. The third kappa shape index (κ3) is 6.13. The van der Waals surface area contributed by atoms with Crippen LogP contribution in [0.25, 0.3) is 44.4 Å². The molecule has 0 fully saturated rings. The van der Waals surface area contributed by atoms with Crippen LogP contribution in [-0.4, -0.2) is 19.3 Å². The molecule has 0 atom stereocenters. The van der Waals surface area contributed by atoms with Crippen LogP contribution in [0.5, 0.6) is 11.5 Å². The summed E-state index contributed by atoms with van der Waals surface area (Å²) in [6.45, 7) is 13.3. The second-order valence-corrected chi connectivity index (χ2v) is 13.0. The van der Waals surface area contributed by atoms with Crippen molar-refractivity contribution in [1.82, 2.24) is 19.3 Å². The summed E-state index contributed by atoms with van der Waals surface area (Å²) in [7, 11) is 0. The Morgan fingerprint density at radius 3 is 2.31 bits per heavy atom. The number of hydrogen-bond acceptors (Lipinski definition) is 3. The van der Waals surface area contributed by atoms with Gasteiger partial charge in [0.15, 0.2) is 0 Å². The number of benzene rings is 4. The van der Waals surface area contributed by atoms with E-state index in [-0.39, 0.29) is 26.5 Å². The molecule has 0 aliphatic carbocycles. The van der Waals surface area contributed by atoms with E-state index in [1.807, 2.05) is 35.1 Å². The first-order chi connectivity index (χ1) is 22.8. The maximum absolute atomic E-state index is 6.47. The number of aromatic nitrogens is 4. The molecule has 0 aliphatic heterocycles. The van der Waals surface area contributed by atoms with Crippen molar-refractivity contribution < 1.29 is 25.8 Å². The van der Waals surface area contributed by atoms with Crippen molar-refractivity contribution in [3.8, 4) is 34.1 Å². The predicted octanol–water partition coefficient (Wildman–Crippen LogP) is 10.4. The maximum atomic E-state index is 6.47. The fourth-order valence-corrected chi connectivity index (χ4v) is 6.46. The third-order valence-corrected chi connectivity index (χ3v) is 8.95. The quantitative estimate of drug-likeness (QED) is 0.144. The molecule has 0 spiro atoms. The average molecular weight is 812 g/mol. The first-order valence-corrected chi connectivity index (χ1v) is 16.6. The molecule has 0 N–H and O–H groups in total. The molecule has 3 heterocycles. The third-order valence-electron chi connectivity index (χ3n) is 8.95. The summed E-state index contributed by atoms with van der Waals surface area (Å²) in [6.07, 6.45) is 4.50. The van der Waals surface area contributed by atoms with Gasteiger partial charge in [-0.15, -0.1) is 35.7 Å². The van der Waals surface area contributed by atoms with Crippen LogP contribution in [-0.2, 0) is 45.7 Å². The second-order valence-electron chi connectivity index (χ2n) is 13.0. The van der Waals surface area contributed by atoms with E-state index in [9.17, 15) is 0 Å². The first kappa shape index (κ1) is 33.4. The Morgan fingerprint density at radius 1 is 0.750 bits per heavy atom. The van der Waals surface area contributed by atoms with Crippen molar-refractivity contribution in [2.75, 3.05) is 0 Å². The van der Waals surface area contributed by atoms with E-state index in [4.69, 9.17) is 14.8 Å². The Hall–Kier alpha value is -4.47. The van der Waals surface area contributed by atoms with Crippen LogP contribution < -0.4 is 4.74 Å². The van der Waals surface area contributed by atoms with Crippen molar-refractivity contribution in [2.24, 2.45) is 0 Å². The van der Waals surface area contributed by atoms with Gasteiger partial charge in [-0.3, -0.25) is 4.68 Å². The van der Waals surface area contributed by atoms with E-state index >= 15 is 0 Å². The van der Waals surface area contributed by atoms with Crippen molar-refractivity contribution in [3.05, 3.63) is 132 Å². The molecule has 244 valence electrons. The van der Waals surface area contributed by atoms with E-state index in [0.717, 1.165) is 58.3 Å². The fourth-order valence-electron chi connectivity index (χ4n) is 6.46. The summed E-state index contributed by atoms with van der Waals surface area (Å²) >= 11 is 0. The molecule has 6 heteroatoms. The number of rotatable bonds is 8. The molecule has 0 unspecified atom stereocenters. The smallest absolute Gasteiger partial charge is 0.509 e. The minimum Gasteiger partial charge on any atom is -0.509 e. The Balaban J connectivity index is 0.00000401. The van der Waals surface area contributed by atoms with Crippen molar-refractivity contribution >= 4 is 21.8 Å². The Bertz CT molecular complexity index is 2240. The largest absolute Gasteiger partial charge is 2.00 e. The van der Waals surface area contributed by atoms with Gasteiger partial charge in [-0.2, -0.15) is 17.2 Å². The standard InChI is InChI=1S/C42H40N4O.Pt/c1-7-28-22-23-43-40(24-28)45-38-19-11-10-18-34(38)35-21-20-33(27-39(35)45)47-32-17-13-16-31(26-32)46-37(9-3)41(36(8-2)44-46)29-14-12-15-30(25-29)42(4,5)6;/h10-25H,7-9H2,1-6H3;/q-2;+2. The number of ether oxygens (including phenoxy) is 1. The van der Waals surface area contributed by atoms with Crippen molar-refractivity contribution in [1.29, 1.82) is 0 Å². The van der Waals surface area contributed by atoms with Gasteiger partial charge in [0, 0.05) is 34.5 Å². The van der Waals surface area contributed by atoms with Crippen LogP contribution in [0.1, 0.15) is 64.1 Å². The molecular weight excluding hydrogens is 772 g/mol. The SMILES string of the molecule is CCc1ccnc(-n2c3[c-]c(Oc4[c-]c(-n5nc(CC)c(-c6cccc(C(C)(C)C)c6)c5CC)ccc4)ccc3c3ccccc32)c1.[Pt+2]. The van der Waals surface area contributed by atoms with Crippen LogP contribution >= 0.6 is 0 Å². The van der Waals surface area contributed by atoms with Gasteiger partial charge in [0.1, 0.15) is 5.82 Å². The molecule has 0 saturated heterocycles. The summed E-state index contributed by atoms with van der Waals surface area (Å²) < 4.78 is 10.7. The molecular formula is C42H40N4OPt.